The Labute approximate surface area is 125 Å². The average molecular weight is 295 g/mol. The molecule has 6 nitrogen and oxygen atoms in total. The Bertz CT molecular complexity index is 566. The lowest BCUT2D eigenvalue weighted by Gasteiger charge is -2.29. The van der Waals surface area contributed by atoms with E-state index in [1.54, 1.807) is 13.8 Å². The van der Waals surface area contributed by atoms with Gasteiger partial charge in [-0.05, 0) is 32.3 Å². The van der Waals surface area contributed by atoms with Gasteiger partial charge in [0.2, 0.25) is 0 Å². The van der Waals surface area contributed by atoms with Crippen molar-refractivity contribution in [2.75, 3.05) is 13.2 Å². The minimum atomic E-state index is -0.404. The van der Waals surface area contributed by atoms with Gasteiger partial charge in [-0.1, -0.05) is 13.8 Å². The van der Waals surface area contributed by atoms with Crippen molar-refractivity contribution in [3.63, 3.8) is 0 Å². The standard InChI is InChI=1S/C15H25N3O3/c1-6-15(7-2,9-19)8-16-13(20)12-10(3)11(4)17-18(5)14(12)21/h19H,6-9H2,1-5H3,(H,16,20). The Morgan fingerprint density at radius 3 is 2.38 bits per heavy atom. The van der Waals surface area contributed by atoms with Gasteiger partial charge in [-0.15, -0.1) is 0 Å². The van der Waals surface area contributed by atoms with Gasteiger partial charge in [0, 0.05) is 19.0 Å². The summed E-state index contributed by atoms with van der Waals surface area (Å²) >= 11 is 0. The molecule has 0 unspecified atom stereocenters. The monoisotopic (exact) mass is 295 g/mol. The topological polar surface area (TPSA) is 84.2 Å². The summed E-state index contributed by atoms with van der Waals surface area (Å²) < 4.78 is 1.18. The van der Waals surface area contributed by atoms with E-state index in [-0.39, 0.29) is 17.6 Å². The van der Waals surface area contributed by atoms with Gasteiger partial charge in [-0.25, -0.2) is 4.68 Å². The maximum Gasteiger partial charge on any atom is 0.279 e. The highest BCUT2D eigenvalue weighted by molar-refractivity contribution is 5.95. The highest BCUT2D eigenvalue weighted by atomic mass is 16.3. The molecule has 0 spiro atoms. The van der Waals surface area contributed by atoms with Crippen LogP contribution in [-0.4, -0.2) is 33.9 Å². The molecule has 0 saturated carbocycles. The van der Waals surface area contributed by atoms with Gasteiger partial charge in [-0.3, -0.25) is 9.59 Å². The molecule has 1 heterocycles. The van der Waals surface area contributed by atoms with Crippen molar-refractivity contribution < 1.29 is 9.90 Å². The summed E-state index contributed by atoms with van der Waals surface area (Å²) in [5.41, 5.74) is 0.638. The molecule has 2 N–H and O–H groups in total. The number of nitrogens with zero attached hydrogens (tertiary/aromatic N) is 2. The summed E-state index contributed by atoms with van der Waals surface area (Å²) in [6.45, 7) is 7.80. The molecule has 1 amide bonds. The van der Waals surface area contributed by atoms with E-state index in [1.807, 2.05) is 13.8 Å². The predicted molar refractivity (Wildman–Crippen MR) is 81.4 cm³/mol. The van der Waals surface area contributed by atoms with Crippen LogP contribution in [0, 0.1) is 19.3 Å². The number of aliphatic hydroxyl groups is 1. The quantitative estimate of drug-likeness (QED) is 0.817. The van der Waals surface area contributed by atoms with Crippen molar-refractivity contribution in [3.8, 4) is 0 Å². The zero-order valence-electron chi connectivity index (χ0n) is 13.5. The van der Waals surface area contributed by atoms with Crippen LogP contribution in [0.5, 0.6) is 0 Å². The lowest BCUT2D eigenvalue weighted by atomic mass is 9.83. The third kappa shape index (κ3) is 3.50. The Morgan fingerprint density at radius 2 is 1.90 bits per heavy atom. The molecule has 1 aromatic heterocycles. The largest absolute Gasteiger partial charge is 0.396 e. The Morgan fingerprint density at radius 1 is 1.33 bits per heavy atom. The molecular formula is C15H25N3O3. The third-order valence-corrected chi connectivity index (χ3v) is 4.41. The first kappa shape index (κ1) is 17.4. The molecule has 118 valence electrons. The maximum absolute atomic E-state index is 12.4. The van der Waals surface area contributed by atoms with Gasteiger partial charge in [-0.2, -0.15) is 5.10 Å². The maximum atomic E-state index is 12.4. The molecule has 0 aliphatic rings. The van der Waals surface area contributed by atoms with E-state index in [0.717, 1.165) is 12.8 Å². The van der Waals surface area contributed by atoms with Crippen molar-refractivity contribution in [3.05, 3.63) is 27.2 Å². The van der Waals surface area contributed by atoms with Gasteiger partial charge in [0.25, 0.3) is 11.5 Å². The predicted octanol–water partition coefficient (Wildman–Crippen LogP) is 0.926. The van der Waals surface area contributed by atoms with Crippen LogP contribution in [0.25, 0.3) is 0 Å². The fourth-order valence-electron chi connectivity index (χ4n) is 2.25. The summed E-state index contributed by atoms with van der Waals surface area (Å²) in [5.74, 6) is -0.404. The van der Waals surface area contributed by atoms with Crippen molar-refractivity contribution in [2.24, 2.45) is 12.5 Å². The number of hydrogen-bond acceptors (Lipinski definition) is 4. The van der Waals surface area contributed by atoms with Crippen molar-refractivity contribution in [1.29, 1.82) is 0 Å². The van der Waals surface area contributed by atoms with Crippen LogP contribution < -0.4 is 10.9 Å². The summed E-state index contributed by atoms with van der Waals surface area (Å²) in [6, 6.07) is 0. The Balaban J connectivity index is 3.04. The lowest BCUT2D eigenvalue weighted by molar-refractivity contribution is 0.0848. The molecule has 0 radical (unpaired) electrons. The van der Waals surface area contributed by atoms with E-state index < -0.39 is 11.5 Å². The second-order valence-electron chi connectivity index (χ2n) is 5.56. The number of hydrogen-bond donors (Lipinski definition) is 2. The van der Waals surface area contributed by atoms with E-state index in [4.69, 9.17) is 0 Å². The van der Waals surface area contributed by atoms with Crippen LogP contribution in [0.2, 0.25) is 0 Å². The van der Waals surface area contributed by atoms with Crippen LogP contribution in [0.15, 0.2) is 4.79 Å². The van der Waals surface area contributed by atoms with Gasteiger partial charge >= 0.3 is 0 Å². The second-order valence-corrected chi connectivity index (χ2v) is 5.56. The Hall–Kier alpha value is -1.69. The van der Waals surface area contributed by atoms with Crippen molar-refractivity contribution in [2.45, 2.75) is 40.5 Å². The highest BCUT2D eigenvalue weighted by Crippen LogP contribution is 2.24. The highest BCUT2D eigenvalue weighted by Gasteiger charge is 2.27. The van der Waals surface area contributed by atoms with Crippen LogP contribution in [0.1, 0.15) is 48.3 Å². The third-order valence-electron chi connectivity index (χ3n) is 4.41. The molecule has 6 heteroatoms. The van der Waals surface area contributed by atoms with Crippen molar-refractivity contribution >= 4 is 5.91 Å². The first-order valence-electron chi connectivity index (χ1n) is 7.25. The van der Waals surface area contributed by atoms with Gasteiger partial charge in [0.05, 0.1) is 12.3 Å². The number of aryl methyl sites for hydroxylation is 2. The molecule has 0 fully saturated rings. The van der Waals surface area contributed by atoms with Crippen LogP contribution in [0.3, 0.4) is 0 Å². The van der Waals surface area contributed by atoms with Gasteiger partial charge < -0.3 is 10.4 Å². The van der Waals surface area contributed by atoms with E-state index in [1.165, 1.54) is 11.7 Å². The normalized spacial score (nSPS) is 11.5. The van der Waals surface area contributed by atoms with E-state index in [9.17, 15) is 14.7 Å². The zero-order chi connectivity index (χ0) is 16.2. The van der Waals surface area contributed by atoms with Crippen LogP contribution >= 0.6 is 0 Å². The fraction of sp³-hybridized carbons (Fsp3) is 0.667. The number of aromatic nitrogens is 2. The van der Waals surface area contributed by atoms with Crippen LogP contribution in [-0.2, 0) is 7.05 Å². The smallest absolute Gasteiger partial charge is 0.279 e. The Kier molecular flexibility index (Phi) is 5.66. The minimum Gasteiger partial charge on any atom is -0.396 e. The van der Waals surface area contributed by atoms with E-state index in [2.05, 4.69) is 10.4 Å². The molecule has 0 aromatic carbocycles. The molecule has 0 aliphatic heterocycles. The number of rotatable bonds is 6. The number of aliphatic hydroxyl groups excluding tert-OH is 1. The summed E-state index contributed by atoms with van der Waals surface area (Å²) in [7, 11) is 1.53. The average Bonchev–Trinajstić information content (AvgIpc) is 2.47. The molecule has 0 aliphatic carbocycles. The molecule has 1 rings (SSSR count). The summed E-state index contributed by atoms with van der Waals surface area (Å²) in [4.78, 5) is 24.5. The van der Waals surface area contributed by atoms with Gasteiger partial charge in [0.15, 0.2) is 0 Å². The molecule has 0 bridgehead atoms. The lowest BCUT2D eigenvalue weighted by Crippen LogP contribution is -2.42. The van der Waals surface area contributed by atoms with Crippen LogP contribution in [0.4, 0.5) is 0 Å². The molecule has 21 heavy (non-hydrogen) atoms. The van der Waals surface area contributed by atoms with Gasteiger partial charge in [0.1, 0.15) is 5.56 Å². The summed E-state index contributed by atoms with van der Waals surface area (Å²) in [5, 5.41) is 16.4. The second kappa shape index (κ2) is 6.85. The van der Waals surface area contributed by atoms with E-state index >= 15 is 0 Å². The molecule has 0 atom stereocenters. The number of nitrogens with one attached hydrogen (secondary N) is 1. The summed E-state index contributed by atoms with van der Waals surface area (Å²) in [6.07, 6.45) is 1.51. The number of carbonyl (C=O) groups excluding carboxylic acids is 1. The number of amides is 1. The minimum absolute atomic E-state index is 0.00659. The number of carbonyl (C=O) groups is 1. The van der Waals surface area contributed by atoms with E-state index in [0.29, 0.717) is 17.8 Å². The molecular weight excluding hydrogens is 270 g/mol. The zero-order valence-corrected chi connectivity index (χ0v) is 13.5. The fourth-order valence-corrected chi connectivity index (χ4v) is 2.25. The SMILES string of the molecule is CCC(CC)(CO)CNC(=O)c1c(C)c(C)nn(C)c1=O. The first-order chi connectivity index (χ1) is 9.81. The van der Waals surface area contributed by atoms with Crippen molar-refractivity contribution in [1.82, 2.24) is 15.1 Å². The first-order valence-corrected chi connectivity index (χ1v) is 7.25. The molecule has 0 saturated heterocycles. The molecule has 1 aromatic rings.